The molecular formula is C28H49NO5S. The van der Waals surface area contributed by atoms with Crippen LogP contribution in [0.25, 0.3) is 0 Å². The maximum absolute atomic E-state index is 11.5. The van der Waals surface area contributed by atoms with Crippen molar-refractivity contribution in [3.05, 3.63) is 35.4 Å². The zero-order valence-corrected chi connectivity index (χ0v) is 23.1. The lowest BCUT2D eigenvalue weighted by atomic mass is 9.90. The zero-order valence-electron chi connectivity index (χ0n) is 22.3. The first-order chi connectivity index (χ1) is 16.9. The van der Waals surface area contributed by atoms with Gasteiger partial charge in [-0.3, -0.25) is 9.45 Å². The van der Waals surface area contributed by atoms with Crippen LogP contribution in [0.15, 0.2) is 24.3 Å². The standard InChI is InChI=1S/C28H49NO5S/c1-4-6-8-9-10-11-12-15-21-33-28(24(3)16-7-5-2)27(23-34-35(30,31)32)29-20-19-25-17-13-14-18-26(25)22-29/h13-14,17-18,24,27-28H,4-12,15-16,19-23H2,1-3H3,(H,30,31,32). The lowest BCUT2D eigenvalue weighted by Gasteiger charge is -2.41. The molecule has 0 bridgehead atoms. The summed E-state index contributed by atoms with van der Waals surface area (Å²) in [5, 5.41) is 0. The van der Waals surface area contributed by atoms with Crippen LogP contribution < -0.4 is 0 Å². The summed E-state index contributed by atoms with van der Waals surface area (Å²) in [5.74, 6) is 0.260. The van der Waals surface area contributed by atoms with E-state index in [1.807, 2.05) is 6.07 Å². The summed E-state index contributed by atoms with van der Waals surface area (Å²) < 4.78 is 43.8. The molecule has 1 N–H and O–H groups in total. The van der Waals surface area contributed by atoms with Crippen molar-refractivity contribution in [1.82, 2.24) is 4.90 Å². The summed E-state index contributed by atoms with van der Waals surface area (Å²) in [4.78, 5) is 2.29. The van der Waals surface area contributed by atoms with E-state index in [2.05, 4.69) is 43.9 Å². The number of ether oxygens (including phenoxy) is 1. The van der Waals surface area contributed by atoms with Crippen LogP contribution in [0.5, 0.6) is 0 Å². The van der Waals surface area contributed by atoms with Gasteiger partial charge in [-0.15, -0.1) is 0 Å². The molecule has 0 saturated heterocycles. The molecule has 0 fully saturated rings. The largest absolute Gasteiger partial charge is 0.397 e. The molecule has 2 rings (SSSR count). The maximum atomic E-state index is 11.5. The third-order valence-corrected chi connectivity index (χ3v) is 7.71. The molecule has 1 aromatic carbocycles. The summed E-state index contributed by atoms with van der Waals surface area (Å²) >= 11 is 0. The molecule has 0 spiro atoms. The van der Waals surface area contributed by atoms with E-state index in [1.54, 1.807) is 0 Å². The van der Waals surface area contributed by atoms with Gasteiger partial charge in [0.05, 0.1) is 18.8 Å². The zero-order chi connectivity index (χ0) is 25.5. The van der Waals surface area contributed by atoms with Crippen molar-refractivity contribution in [3.63, 3.8) is 0 Å². The molecule has 202 valence electrons. The summed E-state index contributed by atoms with van der Waals surface area (Å²) in [5.41, 5.74) is 2.60. The number of fused-ring (bicyclic) bond motifs is 1. The minimum Gasteiger partial charge on any atom is -0.376 e. The number of hydrogen-bond acceptors (Lipinski definition) is 5. The van der Waals surface area contributed by atoms with Crippen LogP contribution in [-0.4, -0.2) is 49.8 Å². The highest BCUT2D eigenvalue weighted by molar-refractivity contribution is 7.80. The van der Waals surface area contributed by atoms with E-state index >= 15 is 0 Å². The van der Waals surface area contributed by atoms with Crippen molar-refractivity contribution >= 4 is 10.4 Å². The average Bonchev–Trinajstić information content (AvgIpc) is 2.84. The van der Waals surface area contributed by atoms with Gasteiger partial charge < -0.3 is 4.74 Å². The Morgan fingerprint density at radius 1 is 0.943 bits per heavy atom. The second-order valence-electron chi connectivity index (χ2n) is 10.2. The molecule has 1 aliphatic heterocycles. The Hall–Kier alpha value is -0.990. The van der Waals surface area contributed by atoms with Crippen molar-refractivity contribution < 1.29 is 21.9 Å². The van der Waals surface area contributed by atoms with Crippen molar-refractivity contribution in [2.45, 2.75) is 117 Å². The molecule has 7 heteroatoms. The maximum Gasteiger partial charge on any atom is 0.397 e. The van der Waals surface area contributed by atoms with Crippen LogP contribution in [-0.2, 0) is 32.3 Å². The fraction of sp³-hybridized carbons (Fsp3) is 0.786. The lowest BCUT2D eigenvalue weighted by molar-refractivity contribution is -0.0637. The van der Waals surface area contributed by atoms with Gasteiger partial charge in [-0.2, -0.15) is 8.42 Å². The first-order valence-corrected chi connectivity index (χ1v) is 15.3. The summed E-state index contributed by atoms with van der Waals surface area (Å²) in [6.45, 7) is 8.74. The van der Waals surface area contributed by atoms with Gasteiger partial charge in [-0.1, -0.05) is 103 Å². The van der Waals surface area contributed by atoms with E-state index in [0.29, 0.717) is 6.61 Å². The van der Waals surface area contributed by atoms with Gasteiger partial charge in [0.25, 0.3) is 0 Å². The Labute approximate surface area is 214 Å². The first kappa shape index (κ1) is 30.2. The summed E-state index contributed by atoms with van der Waals surface area (Å²) in [6.07, 6.45) is 13.9. The molecule has 1 aliphatic rings. The molecule has 1 aromatic rings. The monoisotopic (exact) mass is 511 g/mol. The van der Waals surface area contributed by atoms with Crippen LogP contribution in [0.3, 0.4) is 0 Å². The second kappa shape index (κ2) is 16.7. The molecule has 35 heavy (non-hydrogen) atoms. The predicted octanol–water partition coefficient (Wildman–Crippen LogP) is 6.58. The smallest absolute Gasteiger partial charge is 0.376 e. The predicted molar refractivity (Wildman–Crippen MR) is 143 cm³/mol. The van der Waals surface area contributed by atoms with Crippen molar-refractivity contribution in [1.29, 1.82) is 0 Å². The van der Waals surface area contributed by atoms with Gasteiger partial charge >= 0.3 is 10.4 Å². The van der Waals surface area contributed by atoms with Gasteiger partial charge in [0.1, 0.15) is 0 Å². The molecule has 0 amide bonds. The Morgan fingerprint density at radius 3 is 2.23 bits per heavy atom. The summed E-state index contributed by atoms with van der Waals surface area (Å²) in [6, 6.07) is 8.17. The van der Waals surface area contributed by atoms with E-state index in [-0.39, 0.29) is 24.7 Å². The van der Waals surface area contributed by atoms with Crippen LogP contribution in [0.1, 0.15) is 103 Å². The van der Waals surface area contributed by atoms with Crippen LogP contribution in [0.2, 0.25) is 0 Å². The van der Waals surface area contributed by atoms with Crippen molar-refractivity contribution in [2.24, 2.45) is 5.92 Å². The molecule has 1 heterocycles. The van der Waals surface area contributed by atoms with E-state index in [4.69, 9.17) is 8.92 Å². The minimum atomic E-state index is -4.52. The average molecular weight is 512 g/mol. The van der Waals surface area contributed by atoms with Gasteiger partial charge in [-0.25, -0.2) is 4.18 Å². The van der Waals surface area contributed by atoms with Crippen LogP contribution in [0, 0.1) is 5.92 Å². The SMILES string of the molecule is CCCCCCCCCCOC(C(C)CCCC)C(COS(=O)(=O)O)N1CCc2ccccc2C1. The van der Waals surface area contributed by atoms with Crippen LogP contribution >= 0.6 is 0 Å². The Morgan fingerprint density at radius 2 is 1.57 bits per heavy atom. The van der Waals surface area contributed by atoms with Gasteiger partial charge in [0.2, 0.25) is 0 Å². The Bertz CT molecular complexity index is 800. The Balaban J connectivity index is 2.04. The lowest BCUT2D eigenvalue weighted by Crippen LogP contribution is -2.52. The topological polar surface area (TPSA) is 76.1 Å². The van der Waals surface area contributed by atoms with Crippen LogP contribution in [0.4, 0.5) is 0 Å². The molecule has 6 nitrogen and oxygen atoms in total. The molecule has 0 aromatic heterocycles. The number of hydrogen-bond donors (Lipinski definition) is 1. The molecule has 3 unspecified atom stereocenters. The number of nitrogens with zero attached hydrogens (tertiary/aromatic N) is 1. The number of unbranched alkanes of at least 4 members (excludes halogenated alkanes) is 8. The second-order valence-corrected chi connectivity index (χ2v) is 11.3. The van der Waals surface area contributed by atoms with E-state index in [9.17, 15) is 13.0 Å². The van der Waals surface area contributed by atoms with E-state index in [0.717, 1.165) is 51.6 Å². The van der Waals surface area contributed by atoms with Gasteiger partial charge in [0.15, 0.2) is 0 Å². The van der Waals surface area contributed by atoms with Crippen molar-refractivity contribution in [2.75, 3.05) is 19.8 Å². The minimum absolute atomic E-state index is 0.0977. The Kier molecular flexibility index (Phi) is 14.4. The fourth-order valence-electron chi connectivity index (χ4n) is 5.16. The highest BCUT2D eigenvalue weighted by Gasteiger charge is 2.35. The fourth-order valence-corrected chi connectivity index (χ4v) is 5.48. The third kappa shape index (κ3) is 11.7. The molecule has 0 radical (unpaired) electrons. The molecule has 0 aliphatic carbocycles. The quantitative estimate of drug-likeness (QED) is 0.167. The number of rotatable bonds is 19. The van der Waals surface area contributed by atoms with Gasteiger partial charge in [0, 0.05) is 19.7 Å². The van der Waals surface area contributed by atoms with Gasteiger partial charge in [-0.05, 0) is 36.3 Å². The first-order valence-electron chi connectivity index (χ1n) is 13.9. The van der Waals surface area contributed by atoms with E-state index in [1.165, 1.54) is 49.7 Å². The summed E-state index contributed by atoms with van der Waals surface area (Å²) in [7, 11) is -4.52. The van der Waals surface area contributed by atoms with Crippen molar-refractivity contribution in [3.8, 4) is 0 Å². The normalized spacial score (nSPS) is 17.1. The number of benzene rings is 1. The molecule has 3 atom stereocenters. The third-order valence-electron chi connectivity index (χ3n) is 7.28. The highest BCUT2D eigenvalue weighted by Crippen LogP contribution is 2.27. The molecule has 0 saturated carbocycles. The highest BCUT2D eigenvalue weighted by atomic mass is 32.3. The van der Waals surface area contributed by atoms with E-state index < -0.39 is 10.4 Å². The molecular weight excluding hydrogens is 462 g/mol.